The predicted octanol–water partition coefficient (Wildman–Crippen LogP) is 3.06. The van der Waals surface area contributed by atoms with E-state index < -0.39 is 0 Å². The van der Waals surface area contributed by atoms with Crippen LogP contribution in [-0.2, 0) is 17.8 Å². The standard InChI is InChI=1S/C20H21N3O/c1-13-17(16-8-4-5-9-18(16)22-13)12-23-11-10-14-6-2-3-7-15(14)19(23)20(21)24/h2-9,19,22H,10-12H2,1H3,(H2,21,24). The van der Waals surface area contributed by atoms with Crippen molar-refractivity contribution < 1.29 is 4.79 Å². The lowest BCUT2D eigenvalue weighted by atomic mass is 9.91. The van der Waals surface area contributed by atoms with Crippen LogP contribution in [-0.4, -0.2) is 22.3 Å². The van der Waals surface area contributed by atoms with Gasteiger partial charge in [0, 0.05) is 29.7 Å². The van der Waals surface area contributed by atoms with E-state index in [0.717, 1.165) is 36.3 Å². The van der Waals surface area contributed by atoms with Crippen LogP contribution in [0.2, 0.25) is 0 Å². The number of nitrogens with zero attached hydrogens (tertiary/aromatic N) is 1. The smallest absolute Gasteiger partial charge is 0.239 e. The van der Waals surface area contributed by atoms with Crippen molar-refractivity contribution in [1.29, 1.82) is 0 Å². The number of rotatable bonds is 3. The summed E-state index contributed by atoms with van der Waals surface area (Å²) in [5.41, 5.74) is 11.6. The molecule has 0 saturated carbocycles. The van der Waals surface area contributed by atoms with E-state index in [9.17, 15) is 4.79 Å². The molecule has 0 radical (unpaired) electrons. The molecule has 24 heavy (non-hydrogen) atoms. The molecule has 2 heterocycles. The Morgan fingerprint density at radius 1 is 1.21 bits per heavy atom. The Morgan fingerprint density at radius 3 is 2.79 bits per heavy atom. The molecular weight excluding hydrogens is 298 g/mol. The summed E-state index contributed by atoms with van der Waals surface area (Å²) in [6.07, 6.45) is 0.946. The van der Waals surface area contributed by atoms with Crippen molar-refractivity contribution in [3.63, 3.8) is 0 Å². The van der Waals surface area contributed by atoms with E-state index in [4.69, 9.17) is 5.73 Å². The summed E-state index contributed by atoms with van der Waals surface area (Å²) < 4.78 is 0. The lowest BCUT2D eigenvalue weighted by molar-refractivity contribution is -0.124. The molecule has 2 aromatic carbocycles. The number of primary amides is 1. The topological polar surface area (TPSA) is 62.1 Å². The molecule has 1 amide bonds. The number of carbonyl (C=O) groups excluding carboxylic acids is 1. The molecule has 0 fully saturated rings. The van der Waals surface area contributed by atoms with E-state index in [2.05, 4.69) is 41.1 Å². The van der Waals surface area contributed by atoms with Crippen LogP contribution in [0.1, 0.15) is 28.4 Å². The number of amides is 1. The average molecular weight is 319 g/mol. The van der Waals surface area contributed by atoms with Gasteiger partial charge in [0.2, 0.25) is 5.91 Å². The van der Waals surface area contributed by atoms with E-state index in [1.807, 2.05) is 24.3 Å². The number of aromatic amines is 1. The molecule has 1 atom stereocenters. The Balaban J connectivity index is 1.74. The van der Waals surface area contributed by atoms with Gasteiger partial charge in [-0.05, 0) is 36.1 Å². The molecule has 1 aromatic heterocycles. The molecule has 0 aliphatic carbocycles. The first-order valence-corrected chi connectivity index (χ1v) is 8.32. The lowest BCUT2D eigenvalue weighted by Gasteiger charge is -2.35. The summed E-state index contributed by atoms with van der Waals surface area (Å²) >= 11 is 0. The highest BCUT2D eigenvalue weighted by molar-refractivity contribution is 5.85. The normalized spacial score (nSPS) is 17.8. The van der Waals surface area contributed by atoms with Crippen molar-refractivity contribution in [2.24, 2.45) is 5.73 Å². The number of benzene rings is 2. The van der Waals surface area contributed by atoms with Crippen LogP contribution in [0.15, 0.2) is 48.5 Å². The van der Waals surface area contributed by atoms with Gasteiger partial charge in [-0.25, -0.2) is 0 Å². The molecule has 1 unspecified atom stereocenters. The number of hydrogen-bond acceptors (Lipinski definition) is 2. The molecule has 4 nitrogen and oxygen atoms in total. The largest absolute Gasteiger partial charge is 0.368 e. The molecule has 0 saturated heterocycles. The Kier molecular flexibility index (Phi) is 3.62. The summed E-state index contributed by atoms with van der Waals surface area (Å²) in [5.74, 6) is -0.278. The van der Waals surface area contributed by atoms with Crippen molar-refractivity contribution in [3.05, 3.63) is 70.9 Å². The molecule has 3 aromatic rings. The third kappa shape index (κ3) is 2.39. The van der Waals surface area contributed by atoms with Crippen LogP contribution in [0, 0.1) is 6.92 Å². The minimum Gasteiger partial charge on any atom is -0.368 e. The average Bonchev–Trinajstić information content (AvgIpc) is 2.90. The molecular formula is C20H21N3O. The predicted molar refractivity (Wildman–Crippen MR) is 95.5 cm³/mol. The van der Waals surface area contributed by atoms with Gasteiger partial charge in [0.25, 0.3) is 0 Å². The second-order valence-electron chi connectivity index (χ2n) is 6.50. The molecule has 1 aliphatic heterocycles. The molecule has 0 spiro atoms. The quantitative estimate of drug-likeness (QED) is 0.779. The minimum absolute atomic E-state index is 0.278. The fourth-order valence-corrected chi connectivity index (χ4v) is 3.86. The second-order valence-corrected chi connectivity index (χ2v) is 6.50. The molecule has 4 heteroatoms. The van der Waals surface area contributed by atoms with Crippen LogP contribution in [0.5, 0.6) is 0 Å². The summed E-state index contributed by atoms with van der Waals surface area (Å²) in [5, 5.41) is 1.22. The van der Waals surface area contributed by atoms with Gasteiger partial charge < -0.3 is 10.7 Å². The van der Waals surface area contributed by atoms with Crippen molar-refractivity contribution >= 4 is 16.8 Å². The van der Waals surface area contributed by atoms with E-state index in [-0.39, 0.29) is 11.9 Å². The summed E-state index contributed by atoms with van der Waals surface area (Å²) in [6.45, 7) is 3.65. The van der Waals surface area contributed by atoms with E-state index in [1.54, 1.807) is 0 Å². The Bertz CT molecular complexity index is 912. The number of para-hydroxylation sites is 1. The van der Waals surface area contributed by atoms with E-state index in [0.29, 0.717) is 0 Å². The van der Waals surface area contributed by atoms with Crippen LogP contribution in [0.25, 0.3) is 10.9 Å². The molecule has 4 rings (SSSR count). The van der Waals surface area contributed by atoms with E-state index in [1.165, 1.54) is 16.5 Å². The highest BCUT2D eigenvalue weighted by Gasteiger charge is 2.31. The summed E-state index contributed by atoms with van der Waals surface area (Å²) in [4.78, 5) is 17.8. The second kappa shape index (κ2) is 5.80. The minimum atomic E-state index is -0.358. The number of aromatic nitrogens is 1. The van der Waals surface area contributed by atoms with Crippen molar-refractivity contribution in [2.75, 3.05) is 6.54 Å². The number of aryl methyl sites for hydroxylation is 1. The molecule has 1 aliphatic rings. The highest BCUT2D eigenvalue weighted by Crippen LogP contribution is 2.32. The van der Waals surface area contributed by atoms with Gasteiger partial charge in [-0.3, -0.25) is 9.69 Å². The van der Waals surface area contributed by atoms with Crippen LogP contribution < -0.4 is 5.73 Å². The Hall–Kier alpha value is -2.59. The molecule has 122 valence electrons. The van der Waals surface area contributed by atoms with Gasteiger partial charge in [-0.2, -0.15) is 0 Å². The molecule has 3 N–H and O–H groups in total. The van der Waals surface area contributed by atoms with Crippen LogP contribution in [0.4, 0.5) is 0 Å². The highest BCUT2D eigenvalue weighted by atomic mass is 16.1. The zero-order valence-electron chi connectivity index (χ0n) is 13.8. The maximum Gasteiger partial charge on any atom is 0.239 e. The SMILES string of the molecule is Cc1[nH]c2ccccc2c1CN1CCc2ccccc2C1C(N)=O. The fraction of sp³-hybridized carbons (Fsp3) is 0.250. The first-order valence-electron chi connectivity index (χ1n) is 8.32. The number of carbonyl (C=O) groups is 1. The molecule has 0 bridgehead atoms. The third-order valence-corrected chi connectivity index (χ3v) is 5.04. The van der Waals surface area contributed by atoms with E-state index >= 15 is 0 Å². The number of fused-ring (bicyclic) bond motifs is 2. The Labute approximate surface area is 141 Å². The van der Waals surface area contributed by atoms with Gasteiger partial charge >= 0.3 is 0 Å². The van der Waals surface area contributed by atoms with Crippen molar-refractivity contribution in [3.8, 4) is 0 Å². The number of nitrogens with two attached hydrogens (primary N) is 1. The van der Waals surface area contributed by atoms with Crippen molar-refractivity contribution in [2.45, 2.75) is 25.9 Å². The maximum atomic E-state index is 12.2. The van der Waals surface area contributed by atoms with Gasteiger partial charge in [0.05, 0.1) is 0 Å². The van der Waals surface area contributed by atoms with Gasteiger partial charge in [0.15, 0.2) is 0 Å². The lowest BCUT2D eigenvalue weighted by Crippen LogP contribution is -2.42. The van der Waals surface area contributed by atoms with Gasteiger partial charge in [-0.1, -0.05) is 42.5 Å². The first-order chi connectivity index (χ1) is 11.6. The zero-order chi connectivity index (χ0) is 16.7. The Morgan fingerprint density at radius 2 is 1.96 bits per heavy atom. The summed E-state index contributed by atoms with van der Waals surface area (Å²) in [7, 11) is 0. The van der Waals surface area contributed by atoms with Crippen LogP contribution >= 0.6 is 0 Å². The maximum absolute atomic E-state index is 12.2. The fourth-order valence-electron chi connectivity index (χ4n) is 3.86. The van der Waals surface area contributed by atoms with Gasteiger partial charge in [-0.15, -0.1) is 0 Å². The first kappa shape index (κ1) is 15.0. The van der Waals surface area contributed by atoms with Crippen LogP contribution in [0.3, 0.4) is 0 Å². The summed E-state index contributed by atoms with van der Waals surface area (Å²) in [6, 6.07) is 16.1. The number of hydrogen-bond donors (Lipinski definition) is 2. The van der Waals surface area contributed by atoms with Crippen molar-refractivity contribution in [1.82, 2.24) is 9.88 Å². The zero-order valence-corrected chi connectivity index (χ0v) is 13.8. The third-order valence-electron chi connectivity index (χ3n) is 5.04. The monoisotopic (exact) mass is 319 g/mol. The number of H-pyrrole nitrogens is 1. The number of nitrogens with one attached hydrogen (secondary N) is 1. The van der Waals surface area contributed by atoms with Gasteiger partial charge in [0.1, 0.15) is 6.04 Å².